The van der Waals surface area contributed by atoms with Crippen molar-refractivity contribution in [2.24, 2.45) is 5.41 Å². The summed E-state index contributed by atoms with van der Waals surface area (Å²) in [5.41, 5.74) is 2.46. The molecule has 0 radical (unpaired) electrons. The Bertz CT molecular complexity index is 454. The van der Waals surface area contributed by atoms with E-state index < -0.39 is 0 Å². The third-order valence-corrected chi connectivity index (χ3v) is 3.91. The quantitative estimate of drug-likeness (QED) is 0.918. The number of aromatic nitrogens is 2. The summed E-state index contributed by atoms with van der Waals surface area (Å²) in [6.45, 7) is 9.60. The second-order valence-corrected chi connectivity index (χ2v) is 6.61. The first kappa shape index (κ1) is 15.4. The van der Waals surface area contributed by atoms with Gasteiger partial charge >= 0.3 is 0 Å². The number of methoxy groups -OCH3 is 1. The van der Waals surface area contributed by atoms with E-state index in [1.54, 1.807) is 7.11 Å². The van der Waals surface area contributed by atoms with Crippen LogP contribution in [0.1, 0.15) is 69.8 Å². The van der Waals surface area contributed by atoms with Crippen molar-refractivity contribution in [2.75, 3.05) is 13.7 Å². The van der Waals surface area contributed by atoms with Gasteiger partial charge in [0.1, 0.15) is 6.10 Å². The van der Waals surface area contributed by atoms with Crippen LogP contribution in [0.5, 0.6) is 0 Å². The average molecular weight is 277 g/mol. The number of aryl methyl sites for hydroxylation is 1. The van der Waals surface area contributed by atoms with Crippen molar-refractivity contribution >= 4 is 0 Å². The molecule has 0 saturated carbocycles. The highest BCUT2D eigenvalue weighted by Crippen LogP contribution is 2.35. The molecule has 2 rings (SSSR count). The highest BCUT2D eigenvalue weighted by atomic mass is 16.5. The summed E-state index contributed by atoms with van der Waals surface area (Å²) >= 11 is 0. The molecule has 1 aromatic rings. The minimum absolute atomic E-state index is 0.00127. The fraction of sp³-hybridized carbons (Fsp3) is 0.750. The molecule has 2 unspecified atom stereocenters. The Morgan fingerprint density at radius 1 is 1.45 bits per heavy atom. The van der Waals surface area contributed by atoms with Crippen molar-refractivity contribution < 1.29 is 4.74 Å². The average Bonchev–Trinajstić information content (AvgIpc) is 2.38. The molecular weight excluding hydrogens is 250 g/mol. The Labute approximate surface area is 122 Å². The zero-order valence-corrected chi connectivity index (χ0v) is 13.4. The molecule has 0 spiro atoms. The molecule has 20 heavy (non-hydrogen) atoms. The van der Waals surface area contributed by atoms with E-state index in [0.717, 1.165) is 18.8 Å². The molecule has 4 heteroatoms. The SMILES string of the molecule is CCNC1CCCc2nc(C(OC)C(C)(C)C)ncc21. The highest BCUT2D eigenvalue weighted by Gasteiger charge is 2.30. The first-order valence-electron chi connectivity index (χ1n) is 7.59. The zero-order valence-electron chi connectivity index (χ0n) is 13.4. The first-order chi connectivity index (χ1) is 9.47. The van der Waals surface area contributed by atoms with Crippen molar-refractivity contribution in [3.63, 3.8) is 0 Å². The van der Waals surface area contributed by atoms with Crippen LogP contribution < -0.4 is 5.32 Å². The van der Waals surface area contributed by atoms with Crippen molar-refractivity contribution in [3.8, 4) is 0 Å². The monoisotopic (exact) mass is 277 g/mol. The van der Waals surface area contributed by atoms with Gasteiger partial charge in [0.05, 0.1) is 0 Å². The van der Waals surface area contributed by atoms with Crippen LogP contribution in [0.4, 0.5) is 0 Å². The Hall–Kier alpha value is -1.00. The van der Waals surface area contributed by atoms with E-state index in [0.29, 0.717) is 6.04 Å². The van der Waals surface area contributed by atoms with Gasteiger partial charge in [-0.05, 0) is 31.2 Å². The zero-order chi connectivity index (χ0) is 14.8. The van der Waals surface area contributed by atoms with Gasteiger partial charge in [-0.2, -0.15) is 0 Å². The molecule has 1 aliphatic rings. The van der Waals surface area contributed by atoms with Crippen molar-refractivity contribution in [3.05, 3.63) is 23.3 Å². The van der Waals surface area contributed by atoms with Crippen LogP contribution in [0.3, 0.4) is 0 Å². The summed E-state index contributed by atoms with van der Waals surface area (Å²) in [5.74, 6) is 0.816. The van der Waals surface area contributed by atoms with Crippen LogP contribution >= 0.6 is 0 Å². The van der Waals surface area contributed by atoms with Crippen molar-refractivity contribution in [1.29, 1.82) is 0 Å². The lowest BCUT2D eigenvalue weighted by Crippen LogP contribution is -2.28. The molecule has 0 aromatic carbocycles. The lowest BCUT2D eigenvalue weighted by molar-refractivity contribution is 0.00839. The minimum Gasteiger partial charge on any atom is -0.373 e. The third kappa shape index (κ3) is 3.18. The van der Waals surface area contributed by atoms with Gasteiger partial charge in [-0.3, -0.25) is 0 Å². The largest absolute Gasteiger partial charge is 0.373 e. The molecular formula is C16H27N3O. The second kappa shape index (κ2) is 6.19. The highest BCUT2D eigenvalue weighted by molar-refractivity contribution is 5.25. The van der Waals surface area contributed by atoms with E-state index >= 15 is 0 Å². The molecule has 2 atom stereocenters. The second-order valence-electron chi connectivity index (χ2n) is 6.61. The summed E-state index contributed by atoms with van der Waals surface area (Å²) in [6.07, 6.45) is 5.35. The molecule has 1 aromatic heterocycles. The van der Waals surface area contributed by atoms with Gasteiger partial charge in [0.25, 0.3) is 0 Å². The number of hydrogen-bond acceptors (Lipinski definition) is 4. The maximum atomic E-state index is 5.63. The first-order valence-corrected chi connectivity index (χ1v) is 7.59. The summed E-state index contributed by atoms with van der Waals surface area (Å²) < 4.78 is 5.63. The van der Waals surface area contributed by atoms with Crippen LogP contribution in [0.15, 0.2) is 6.20 Å². The normalized spacial score (nSPS) is 20.6. The van der Waals surface area contributed by atoms with E-state index in [1.165, 1.54) is 24.1 Å². The number of hydrogen-bond donors (Lipinski definition) is 1. The molecule has 0 bridgehead atoms. The minimum atomic E-state index is -0.0627. The maximum absolute atomic E-state index is 5.63. The van der Waals surface area contributed by atoms with Gasteiger partial charge in [-0.25, -0.2) is 9.97 Å². The number of rotatable bonds is 4. The molecule has 0 aliphatic heterocycles. The lowest BCUT2D eigenvalue weighted by Gasteiger charge is -2.30. The molecule has 0 fully saturated rings. The molecule has 0 amide bonds. The van der Waals surface area contributed by atoms with Gasteiger partial charge in [-0.1, -0.05) is 27.7 Å². The summed E-state index contributed by atoms with van der Waals surface area (Å²) in [7, 11) is 1.74. The Balaban J connectivity index is 2.32. The number of nitrogens with one attached hydrogen (secondary N) is 1. The predicted molar refractivity (Wildman–Crippen MR) is 80.6 cm³/mol. The Morgan fingerprint density at radius 2 is 2.20 bits per heavy atom. The van der Waals surface area contributed by atoms with Crippen LogP contribution in [0.2, 0.25) is 0 Å². The molecule has 1 N–H and O–H groups in total. The number of ether oxygens (including phenoxy) is 1. The smallest absolute Gasteiger partial charge is 0.157 e. The van der Waals surface area contributed by atoms with Gasteiger partial charge < -0.3 is 10.1 Å². The van der Waals surface area contributed by atoms with Gasteiger partial charge in [0, 0.05) is 30.6 Å². The predicted octanol–water partition coefficient (Wildman–Crippen LogP) is 3.20. The van der Waals surface area contributed by atoms with Crippen LogP contribution in [-0.2, 0) is 11.2 Å². The van der Waals surface area contributed by atoms with Crippen molar-refractivity contribution in [2.45, 2.75) is 59.1 Å². The third-order valence-electron chi connectivity index (χ3n) is 3.91. The van der Waals surface area contributed by atoms with Crippen molar-refractivity contribution in [1.82, 2.24) is 15.3 Å². The van der Waals surface area contributed by atoms with Crippen LogP contribution in [0.25, 0.3) is 0 Å². The number of fused-ring (bicyclic) bond motifs is 1. The summed E-state index contributed by atoms with van der Waals surface area (Å²) in [4.78, 5) is 9.39. The van der Waals surface area contributed by atoms with E-state index in [1.807, 2.05) is 6.20 Å². The fourth-order valence-electron chi connectivity index (χ4n) is 2.99. The van der Waals surface area contributed by atoms with Gasteiger partial charge in [0.2, 0.25) is 0 Å². The van der Waals surface area contributed by atoms with Crippen LogP contribution in [-0.4, -0.2) is 23.6 Å². The standard InChI is InChI=1S/C16H27N3O/c1-6-17-12-8-7-9-13-11(12)10-18-15(19-13)14(20-5)16(2,3)4/h10,12,14,17H,6-9H2,1-5H3. The van der Waals surface area contributed by atoms with Crippen LogP contribution in [0, 0.1) is 5.41 Å². The van der Waals surface area contributed by atoms with Gasteiger partial charge in [-0.15, -0.1) is 0 Å². The topological polar surface area (TPSA) is 47.0 Å². The molecule has 1 heterocycles. The van der Waals surface area contributed by atoms with Gasteiger partial charge in [0.15, 0.2) is 5.82 Å². The number of nitrogens with zero attached hydrogens (tertiary/aromatic N) is 2. The summed E-state index contributed by atoms with van der Waals surface area (Å²) in [5, 5.41) is 3.52. The Kier molecular flexibility index (Phi) is 4.76. The van der Waals surface area contributed by atoms with E-state index in [-0.39, 0.29) is 11.5 Å². The molecule has 0 saturated heterocycles. The molecule has 112 valence electrons. The van der Waals surface area contributed by atoms with E-state index in [9.17, 15) is 0 Å². The fourth-order valence-corrected chi connectivity index (χ4v) is 2.99. The molecule has 4 nitrogen and oxygen atoms in total. The van der Waals surface area contributed by atoms with E-state index in [2.05, 4.69) is 38.0 Å². The maximum Gasteiger partial charge on any atom is 0.157 e. The Morgan fingerprint density at radius 3 is 2.80 bits per heavy atom. The lowest BCUT2D eigenvalue weighted by atomic mass is 9.87. The summed E-state index contributed by atoms with van der Waals surface area (Å²) in [6, 6.07) is 0.411. The van der Waals surface area contributed by atoms with E-state index in [4.69, 9.17) is 9.72 Å². The molecule has 1 aliphatic carbocycles.